The Balaban J connectivity index is 1.32. The Hall–Kier alpha value is -3.04. The van der Waals surface area contributed by atoms with Crippen LogP contribution in [0.2, 0.25) is 0 Å². The molecule has 0 bridgehead atoms. The lowest BCUT2D eigenvalue weighted by atomic mass is 9.99. The van der Waals surface area contributed by atoms with Gasteiger partial charge in [-0.05, 0) is 35.9 Å². The Morgan fingerprint density at radius 1 is 1.15 bits per heavy atom. The molecule has 2 aromatic carbocycles. The Morgan fingerprint density at radius 2 is 1.91 bits per heavy atom. The molecule has 1 aromatic heterocycles. The van der Waals surface area contributed by atoms with Crippen molar-refractivity contribution in [2.75, 3.05) is 45.3 Å². The number of hydrogen-bond donors (Lipinski definition) is 2. The number of methoxy groups -OCH3 is 1. The lowest BCUT2D eigenvalue weighted by molar-refractivity contribution is -0.137. The molecule has 1 fully saturated rings. The monoisotopic (exact) mass is 461 g/mol. The first-order valence-electron chi connectivity index (χ1n) is 10.8. The van der Waals surface area contributed by atoms with Crippen molar-refractivity contribution < 1.29 is 27.4 Å². The van der Waals surface area contributed by atoms with Gasteiger partial charge in [0.05, 0.1) is 30.4 Å². The lowest BCUT2D eigenvalue weighted by Crippen LogP contribution is -2.52. The molecule has 6 nitrogen and oxygen atoms in total. The van der Waals surface area contributed by atoms with Crippen molar-refractivity contribution in [3.63, 3.8) is 0 Å². The Kier molecular flexibility index (Phi) is 6.90. The van der Waals surface area contributed by atoms with E-state index >= 15 is 0 Å². The zero-order chi connectivity index (χ0) is 23.4. The number of likely N-dealkylation sites (tertiary alicyclic amines) is 1. The fourth-order valence-electron chi connectivity index (χ4n) is 3.81. The summed E-state index contributed by atoms with van der Waals surface area (Å²) in [6.45, 7) is 3.23. The molecule has 0 atom stereocenters. The summed E-state index contributed by atoms with van der Waals surface area (Å²) in [4.78, 5) is 17.9. The predicted molar refractivity (Wildman–Crippen MR) is 119 cm³/mol. The maximum absolute atomic E-state index is 12.7. The molecule has 1 amide bonds. The number of ether oxygens (including phenoxy) is 2. The first-order chi connectivity index (χ1) is 15.8. The highest BCUT2D eigenvalue weighted by atomic mass is 19.4. The van der Waals surface area contributed by atoms with E-state index in [4.69, 9.17) is 9.47 Å². The molecule has 176 valence electrons. The summed E-state index contributed by atoms with van der Waals surface area (Å²) in [6.07, 6.45) is -2.10. The number of rotatable bonds is 9. The number of fused-ring (bicyclic) bond motifs is 1. The van der Waals surface area contributed by atoms with Crippen molar-refractivity contribution in [3.8, 4) is 5.75 Å². The van der Waals surface area contributed by atoms with Crippen molar-refractivity contribution in [2.24, 2.45) is 5.92 Å². The SMILES string of the molecule is COCCN1CC(C(=O)Nc2c[nH]c3ccc(OCCc4ccc(C(F)(F)F)cc4)cc23)C1. The number of nitrogens with one attached hydrogen (secondary N) is 2. The van der Waals surface area contributed by atoms with E-state index in [1.807, 2.05) is 18.2 Å². The van der Waals surface area contributed by atoms with Gasteiger partial charge in [0, 0.05) is 50.3 Å². The third-order valence-corrected chi connectivity index (χ3v) is 5.79. The molecule has 1 saturated heterocycles. The second kappa shape index (κ2) is 9.84. The van der Waals surface area contributed by atoms with Crippen LogP contribution in [0.3, 0.4) is 0 Å². The molecular formula is C24H26F3N3O3. The molecule has 0 spiro atoms. The highest BCUT2D eigenvalue weighted by Gasteiger charge is 2.32. The average Bonchev–Trinajstić information content (AvgIpc) is 3.14. The van der Waals surface area contributed by atoms with Crippen LogP contribution in [0.4, 0.5) is 18.9 Å². The van der Waals surface area contributed by atoms with Crippen LogP contribution in [0.25, 0.3) is 10.9 Å². The molecule has 0 unspecified atom stereocenters. The molecular weight excluding hydrogens is 435 g/mol. The van der Waals surface area contributed by atoms with E-state index in [1.165, 1.54) is 12.1 Å². The number of benzene rings is 2. The van der Waals surface area contributed by atoms with Crippen LogP contribution in [0, 0.1) is 5.92 Å². The lowest BCUT2D eigenvalue weighted by Gasteiger charge is -2.37. The fourth-order valence-corrected chi connectivity index (χ4v) is 3.81. The maximum Gasteiger partial charge on any atom is 0.416 e. The number of carbonyl (C=O) groups excluding carboxylic acids is 1. The number of H-pyrrole nitrogens is 1. The zero-order valence-electron chi connectivity index (χ0n) is 18.2. The van der Waals surface area contributed by atoms with Crippen molar-refractivity contribution in [1.82, 2.24) is 9.88 Å². The number of anilines is 1. The predicted octanol–water partition coefficient (Wildman–Crippen LogP) is 4.32. The van der Waals surface area contributed by atoms with E-state index in [0.717, 1.165) is 48.2 Å². The molecule has 9 heteroatoms. The summed E-state index contributed by atoms with van der Waals surface area (Å²) in [5.74, 6) is 0.562. The highest BCUT2D eigenvalue weighted by molar-refractivity contribution is 6.03. The van der Waals surface area contributed by atoms with Crippen molar-refractivity contribution in [1.29, 1.82) is 0 Å². The minimum absolute atomic E-state index is 0.0156. The standard InChI is InChI=1S/C24H26F3N3O3/c1-32-11-9-30-14-17(15-30)23(31)29-22-13-28-21-7-6-19(12-20(21)22)33-10-8-16-2-4-18(5-3-16)24(25,26)27/h2-7,12-13,17,28H,8-11,14-15H2,1H3,(H,29,31). The fraction of sp³-hybridized carbons (Fsp3) is 0.375. The van der Waals surface area contributed by atoms with E-state index < -0.39 is 11.7 Å². The van der Waals surface area contributed by atoms with E-state index in [0.29, 0.717) is 31.1 Å². The van der Waals surface area contributed by atoms with E-state index in [9.17, 15) is 18.0 Å². The normalized spacial score (nSPS) is 14.9. The van der Waals surface area contributed by atoms with Gasteiger partial charge < -0.3 is 19.8 Å². The summed E-state index contributed by atoms with van der Waals surface area (Å²) in [5.41, 5.74) is 1.66. The Labute approximate surface area is 189 Å². The van der Waals surface area contributed by atoms with Gasteiger partial charge >= 0.3 is 6.18 Å². The topological polar surface area (TPSA) is 66.6 Å². The quantitative estimate of drug-likeness (QED) is 0.498. The molecule has 33 heavy (non-hydrogen) atoms. The molecule has 3 aromatic rings. The summed E-state index contributed by atoms with van der Waals surface area (Å²) in [7, 11) is 1.66. The average molecular weight is 461 g/mol. The van der Waals surface area contributed by atoms with Crippen molar-refractivity contribution in [3.05, 3.63) is 59.8 Å². The number of halogens is 3. The Bertz CT molecular complexity index is 1090. The summed E-state index contributed by atoms with van der Waals surface area (Å²) < 4.78 is 48.9. The molecule has 1 aliphatic heterocycles. The first kappa shape index (κ1) is 23.1. The minimum Gasteiger partial charge on any atom is -0.493 e. The molecule has 4 rings (SSSR count). The van der Waals surface area contributed by atoms with Crippen LogP contribution >= 0.6 is 0 Å². The van der Waals surface area contributed by atoms with Gasteiger partial charge in [0.25, 0.3) is 0 Å². The molecule has 1 aliphatic rings. The van der Waals surface area contributed by atoms with Gasteiger partial charge in [-0.2, -0.15) is 13.2 Å². The Morgan fingerprint density at radius 3 is 2.61 bits per heavy atom. The van der Waals surface area contributed by atoms with Gasteiger partial charge in [-0.25, -0.2) is 0 Å². The molecule has 0 radical (unpaired) electrons. The van der Waals surface area contributed by atoms with Crippen LogP contribution in [0.15, 0.2) is 48.7 Å². The second-order valence-corrected chi connectivity index (χ2v) is 8.14. The van der Waals surface area contributed by atoms with Gasteiger partial charge in [0.15, 0.2) is 0 Å². The minimum atomic E-state index is -4.34. The molecule has 0 aliphatic carbocycles. The summed E-state index contributed by atoms with van der Waals surface area (Å²) >= 11 is 0. The van der Waals surface area contributed by atoms with E-state index in [2.05, 4.69) is 15.2 Å². The number of aromatic amines is 1. The number of aromatic nitrogens is 1. The molecule has 2 N–H and O–H groups in total. The third-order valence-electron chi connectivity index (χ3n) is 5.79. The number of hydrogen-bond acceptors (Lipinski definition) is 4. The summed E-state index contributed by atoms with van der Waals surface area (Å²) in [5, 5.41) is 3.83. The van der Waals surface area contributed by atoms with Crippen molar-refractivity contribution in [2.45, 2.75) is 12.6 Å². The maximum atomic E-state index is 12.7. The van der Waals surface area contributed by atoms with Crippen LogP contribution in [-0.4, -0.2) is 55.7 Å². The second-order valence-electron chi connectivity index (χ2n) is 8.14. The molecule has 0 saturated carbocycles. The first-order valence-corrected chi connectivity index (χ1v) is 10.8. The van der Waals surface area contributed by atoms with Gasteiger partial charge in [-0.1, -0.05) is 12.1 Å². The van der Waals surface area contributed by atoms with Crippen LogP contribution in [0.1, 0.15) is 11.1 Å². The van der Waals surface area contributed by atoms with Crippen LogP contribution < -0.4 is 10.1 Å². The van der Waals surface area contributed by atoms with Crippen LogP contribution in [0.5, 0.6) is 5.75 Å². The highest BCUT2D eigenvalue weighted by Crippen LogP contribution is 2.30. The number of alkyl halides is 3. The number of amides is 1. The van der Waals surface area contributed by atoms with Gasteiger partial charge in [-0.15, -0.1) is 0 Å². The van der Waals surface area contributed by atoms with Gasteiger partial charge in [-0.3, -0.25) is 9.69 Å². The van der Waals surface area contributed by atoms with Crippen LogP contribution in [-0.2, 0) is 22.1 Å². The third kappa shape index (κ3) is 5.66. The number of nitrogens with zero attached hydrogens (tertiary/aromatic N) is 1. The summed E-state index contributed by atoms with van der Waals surface area (Å²) in [6, 6.07) is 10.6. The van der Waals surface area contributed by atoms with Crippen molar-refractivity contribution >= 4 is 22.5 Å². The smallest absolute Gasteiger partial charge is 0.416 e. The molecule has 2 heterocycles. The number of carbonyl (C=O) groups is 1. The van der Waals surface area contributed by atoms with E-state index in [1.54, 1.807) is 13.3 Å². The zero-order valence-corrected chi connectivity index (χ0v) is 18.2. The van der Waals surface area contributed by atoms with E-state index in [-0.39, 0.29) is 11.8 Å². The largest absolute Gasteiger partial charge is 0.493 e. The van der Waals surface area contributed by atoms with Gasteiger partial charge in [0.2, 0.25) is 5.91 Å². The van der Waals surface area contributed by atoms with Gasteiger partial charge in [0.1, 0.15) is 5.75 Å².